The highest BCUT2D eigenvalue weighted by Crippen LogP contribution is 2.34. The topological polar surface area (TPSA) is 12.0 Å². The molecule has 1 fully saturated rings. The zero-order chi connectivity index (χ0) is 9.19. The molecule has 0 spiro atoms. The first-order valence-electron chi connectivity index (χ1n) is 5.26. The first-order chi connectivity index (χ1) is 5.53. The largest absolute Gasteiger partial charge is 0.313 e. The molecule has 0 bridgehead atoms. The maximum absolute atomic E-state index is 3.67. The second-order valence-corrected chi connectivity index (χ2v) is 5.29. The molecule has 0 saturated heterocycles. The molecule has 12 heavy (non-hydrogen) atoms. The fourth-order valence-electron chi connectivity index (χ4n) is 1.58. The van der Waals surface area contributed by atoms with Crippen molar-refractivity contribution < 1.29 is 0 Å². The van der Waals surface area contributed by atoms with Crippen molar-refractivity contribution in [3.8, 4) is 0 Å². The summed E-state index contributed by atoms with van der Waals surface area (Å²) in [6.45, 7) is 10.3. The van der Waals surface area contributed by atoms with Gasteiger partial charge in [0.15, 0.2) is 0 Å². The molecular formula is C11H23N. The normalized spacial score (nSPS) is 21.0. The Bertz CT molecular complexity index is 130. The number of rotatable bonds is 4. The SMILES string of the molecule is CCC(NCC(C)(C)C)C1CC1. The lowest BCUT2D eigenvalue weighted by Crippen LogP contribution is -2.36. The number of hydrogen-bond donors (Lipinski definition) is 1. The molecule has 72 valence electrons. The first-order valence-corrected chi connectivity index (χ1v) is 5.26. The van der Waals surface area contributed by atoms with Crippen LogP contribution in [0.1, 0.15) is 47.0 Å². The van der Waals surface area contributed by atoms with E-state index in [0.717, 1.165) is 18.5 Å². The minimum atomic E-state index is 0.433. The lowest BCUT2D eigenvalue weighted by molar-refractivity contribution is 0.332. The van der Waals surface area contributed by atoms with Crippen molar-refractivity contribution in [1.82, 2.24) is 5.32 Å². The summed E-state index contributed by atoms with van der Waals surface area (Å²) in [4.78, 5) is 0. The van der Waals surface area contributed by atoms with Gasteiger partial charge in [0.2, 0.25) is 0 Å². The third-order valence-electron chi connectivity index (χ3n) is 2.53. The molecule has 0 amide bonds. The van der Waals surface area contributed by atoms with Gasteiger partial charge in [-0.2, -0.15) is 0 Å². The molecule has 1 rings (SSSR count). The van der Waals surface area contributed by atoms with Crippen LogP contribution >= 0.6 is 0 Å². The van der Waals surface area contributed by atoms with Gasteiger partial charge in [-0.25, -0.2) is 0 Å². The lowest BCUT2D eigenvalue weighted by Gasteiger charge is -2.24. The fraction of sp³-hybridized carbons (Fsp3) is 1.00. The summed E-state index contributed by atoms with van der Waals surface area (Å²) in [5.74, 6) is 0.998. The van der Waals surface area contributed by atoms with E-state index in [-0.39, 0.29) is 0 Å². The van der Waals surface area contributed by atoms with E-state index in [1.54, 1.807) is 0 Å². The molecule has 1 aliphatic carbocycles. The molecule has 1 atom stereocenters. The van der Waals surface area contributed by atoms with Crippen molar-refractivity contribution in [1.29, 1.82) is 0 Å². The predicted octanol–water partition coefficient (Wildman–Crippen LogP) is 2.81. The summed E-state index contributed by atoms with van der Waals surface area (Å²) in [6.07, 6.45) is 4.20. The van der Waals surface area contributed by atoms with Gasteiger partial charge in [-0.05, 0) is 30.6 Å². The zero-order valence-electron chi connectivity index (χ0n) is 8.98. The quantitative estimate of drug-likeness (QED) is 0.682. The van der Waals surface area contributed by atoms with Crippen molar-refractivity contribution in [3.05, 3.63) is 0 Å². The molecule has 1 N–H and O–H groups in total. The van der Waals surface area contributed by atoms with Crippen LogP contribution in [0, 0.1) is 11.3 Å². The molecule has 0 aromatic carbocycles. The van der Waals surface area contributed by atoms with E-state index in [4.69, 9.17) is 0 Å². The van der Waals surface area contributed by atoms with E-state index >= 15 is 0 Å². The Labute approximate surface area is 76.9 Å². The molecule has 0 aliphatic heterocycles. The van der Waals surface area contributed by atoms with Crippen LogP contribution in [0.4, 0.5) is 0 Å². The first kappa shape index (κ1) is 10.0. The number of nitrogens with one attached hydrogen (secondary N) is 1. The molecule has 0 aromatic rings. The average Bonchev–Trinajstić information content (AvgIpc) is 2.70. The highest BCUT2D eigenvalue weighted by Gasteiger charge is 2.30. The zero-order valence-corrected chi connectivity index (χ0v) is 8.98. The average molecular weight is 169 g/mol. The predicted molar refractivity (Wildman–Crippen MR) is 54.3 cm³/mol. The van der Waals surface area contributed by atoms with E-state index < -0.39 is 0 Å². The van der Waals surface area contributed by atoms with Crippen LogP contribution in [0.15, 0.2) is 0 Å². The molecular weight excluding hydrogens is 146 g/mol. The molecule has 1 unspecified atom stereocenters. The Hall–Kier alpha value is -0.0400. The molecule has 1 heteroatoms. The third kappa shape index (κ3) is 3.57. The third-order valence-corrected chi connectivity index (χ3v) is 2.53. The Morgan fingerprint density at radius 1 is 1.33 bits per heavy atom. The van der Waals surface area contributed by atoms with E-state index in [1.807, 2.05) is 0 Å². The van der Waals surface area contributed by atoms with Crippen LogP contribution in [-0.4, -0.2) is 12.6 Å². The highest BCUT2D eigenvalue weighted by atomic mass is 14.9. The van der Waals surface area contributed by atoms with E-state index in [1.165, 1.54) is 19.3 Å². The second kappa shape index (κ2) is 3.78. The van der Waals surface area contributed by atoms with Crippen LogP contribution in [-0.2, 0) is 0 Å². The van der Waals surface area contributed by atoms with Gasteiger partial charge >= 0.3 is 0 Å². The van der Waals surface area contributed by atoms with Gasteiger partial charge in [-0.3, -0.25) is 0 Å². The highest BCUT2D eigenvalue weighted by molar-refractivity contribution is 4.86. The summed E-state index contributed by atoms with van der Waals surface area (Å²) < 4.78 is 0. The van der Waals surface area contributed by atoms with Crippen LogP contribution in [0.25, 0.3) is 0 Å². The summed E-state index contributed by atoms with van der Waals surface area (Å²) in [5.41, 5.74) is 0.433. The van der Waals surface area contributed by atoms with E-state index in [2.05, 4.69) is 33.0 Å². The van der Waals surface area contributed by atoms with Gasteiger partial charge in [-0.1, -0.05) is 27.7 Å². The number of hydrogen-bond acceptors (Lipinski definition) is 1. The standard InChI is InChI=1S/C11H23N/c1-5-10(9-6-7-9)12-8-11(2,3)4/h9-10,12H,5-8H2,1-4H3. The maximum Gasteiger partial charge on any atom is 0.00929 e. The Balaban J connectivity index is 2.19. The smallest absolute Gasteiger partial charge is 0.00929 e. The fourth-order valence-corrected chi connectivity index (χ4v) is 1.58. The van der Waals surface area contributed by atoms with E-state index in [9.17, 15) is 0 Å². The van der Waals surface area contributed by atoms with Crippen molar-refractivity contribution >= 4 is 0 Å². The van der Waals surface area contributed by atoms with Gasteiger partial charge in [0.25, 0.3) is 0 Å². The Morgan fingerprint density at radius 3 is 2.25 bits per heavy atom. The van der Waals surface area contributed by atoms with Crippen molar-refractivity contribution in [2.75, 3.05) is 6.54 Å². The van der Waals surface area contributed by atoms with Crippen LogP contribution in [0.5, 0.6) is 0 Å². The van der Waals surface area contributed by atoms with Gasteiger partial charge in [0, 0.05) is 12.6 Å². The molecule has 1 aliphatic rings. The van der Waals surface area contributed by atoms with Gasteiger partial charge < -0.3 is 5.32 Å². The summed E-state index contributed by atoms with van der Waals surface area (Å²) in [6, 6.07) is 0.796. The van der Waals surface area contributed by atoms with Crippen LogP contribution in [0.2, 0.25) is 0 Å². The monoisotopic (exact) mass is 169 g/mol. The summed E-state index contributed by atoms with van der Waals surface area (Å²) in [5, 5.41) is 3.67. The maximum atomic E-state index is 3.67. The van der Waals surface area contributed by atoms with Crippen molar-refractivity contribution in [2.24, 2.45) is 11.3 Å². The minimum absolute atomic E-state index is 0.433. The lowest BCUT2D eigenvalue weighted by atomic mass is 9.96. The molecule has 1 saturated carbocycles. The molecule has 0 aromatic heterocycles. The second-order valence-electron chi connectivity index (χ2n) is 5.29. The van der Waals surface area contributed by atoms with Crippen LogP contribution < -0.4 is 5.32 Å². The molecule has 0 heterocycles. The van der Waals surface area contributed by atoms with Crippen molar-refractivity contribution in [3.63, 3.8) is 0 Å². The summed E-state index contributed by atoms with van der Waals surface area (Å²) >= 11 is 0. The Morgan fingerprint density at radius 2 is 1.92 bits per heavy atom. The molecule has 0 radical (unpaired) electrons. The van der Waals surface area contributed by atoms with E-state index in [0.29, 0.717) is 5.41 Å². The molecule has 1 nitrogen and oxygen atoms in total. The van der Waals surface area contributed by atoms with Gasteiger partial charge in [0.05, 0.1) is 0 Å². The van der Waals surface area contributed by atoms with Crippen LogP contribution in [0.3, 0.4) is 0 Å². The summed E-state index contributed by atoms with van der Waals surface area (Å²) in [7, 11) is 0. The Kier molecular flexibility index (Phi) is 3.16. The van der Waals surface area contributed by atoms with Gasteiger partial charge in [0.1, 0.15) is 0 Å². The van der Waals surface area contributed by atoms with Crippen molar-refractivity contribution in [2.45, 2.75) is 53.0 Å². The van der Waals surface area contributed by atoms with Gasteiger partial charge in [-0.15, -0.1) is 0 Å². The minimum Gasteiger partial charge on any atom is -0.313 e.